The normalized spacial score (nSPS) is 12.4. The Hall–Kier alpha value is -3.06. The number of hydrogen-bond donors (Lipinski definition) is 1. The molecular formula is C24H33N5O4. The van der Waals surface area contributed by atoms with Crippen LogP contribution in [0.1, 0.15) is 37.4 Å². The van der Waals surface area contributed by atoms with E-state index in [1.54, 1.807) is 21.1 Å². The van der Waals surface area contributed by atoms with Crippen LogP contribution in [0.3, 0.4) is 0 Å². The predicted molar refractivity (Wildman–Crippen MR) is 128 cm³/mol. The van der Waals surface area contributed by atoms with E-state index in [1.165, 1.54) is 4.57 Å². The van der Waals surface area contributed by atoms with Crippen LogP contribution < -0.4 is 5.56 Å². The molecule has 1 unspecified atom stereocenters. The summed E-state index contributed by atoms with van der Waals surface area (Å²) in [7, 11) is 3.37. The van der Waals surface area contributed by atoms with Crippen molar-refractivity contribution in [1.82, 2.24) is 9.47 Å². The van der Waals surface area contributed by atoms with Gasteiger partial charge in [-0.15, -0.1) is 5.11 Å². The number of rotatable bonds is 12. The molecule has 0 aliphatic heterocycles. The average Bonchev–Trinajstić information content (AvgIpc) is 2.81. The van der Waals surface area contributed by atoms with E-state index in [0.29, 0.717) is 30.9 Å². The van der Waals surface area contributed by atoms with Gasteiger partial charge in [0.2, 0.25) is 5.69 Å². The third kappa shape index (κ3) is 6.71. The Morgan fingerprint density at radius 3 is 2.27 bits per heavy atom. The molecule has 1 aromatic heterocycles. The number of aromatic nitrogens is 1. The lowest BCUT2D eigenvalue weighted by Crippen LogP contribution is -2.30. The number of ether oxygens (including phenoxy) is 2. The van der Waals surface area contributed by atoms with E-state index in [4.69, 9.17) is 16.0 Å². The lowest BCUT2D eigenvalue weighted by Gasteiger charge is -2.21. The minimum atomic E-state index is -0.459. The topological polar surface area (TPSA) is 93.0 Å². The van der Waals surface area contributed by atoms with Crippen molar-refractivity contribution in [2.75, 3.05) is 40.5 Å². The quantitative estimate of drug-likeness (QED) is 0.363. The highest BCUT2D eigenvalue weighted by atomic mass is 16.5. The molecule has 0 bridgehead atoms. The standard InChI is InChI=1S/C24H33N5O4/c1-7-17(2)29-23(30)21(25-4)18(3)22(24(29)31)27-26-20-10-8-19(9-11-20)16-28(12-14-32-5)13-15-33-6/h8-11,17,30H,7,12-16H2,1-3,5-6H3. The zero-order chi connectivity index (χ0) is 24.4. The molecule has 0 radical (unpaired) electrons. The highest BCUT2D eigenvalue weighted by molar-refractivity contribution is 5.67. The second-order valence-electron chi connectivity index (χ2n) is 7.82. The molecule has 1 N–H and O–H groups in total. The van der Waals surface area contributed by atoms with Crippen LogP contribution >= 0.6 is 0 Å². The SMILES string of the molecule is [C-]#[N+]c1c(C)c(N=Nc2ccc(CN(CCOC)CCOC)cc2)c(=O)n(C(C)CC)c1O. The van der Waals surface area contributed by atoms with Gasteiger partial charge in [0.1, 0.15) is 5.69 Å². The zero-order valence-corrected chi connectivity index (χ0v) is 20.0. The van der Waals surface area contributed by atoms with Crippen LogP contribution in [-0.4, -0.2) is 55.1 Å². The van der Waals surface area contributed by atoms with Crippen molar-refractivity contribution in [3.05, 3.63) is 57.2 Å². The molecule has 0 saturated heterocycles. The van der Waals surface area contributed by atoms with Crippen LogP contribution in [0.15, 0.2) is 39.3 Å². The number of methoxy groups -OCH3 is 2. The summed E-state index contributed by atoms with van der Waals surface area (Å²) in [6.45, 7) is 16.3. The molecular weight excluding hydrogens is 422 g/mol. The van der Waals surface area contributed by atoms with Crippen LogP contribution in [0.2, 0.25) is 0 Å². The Kier molecular flexibility index (Phi) is 10.2. The van der Waals surface area contributed by atoms with Crippen molar-refractivity contribution < 1.29 is 14.6 Å². The molecule has 9 heteroatoms. The number of hydrogen-bond acceptors (Lipinski definition) is 7. The van der Waals surface area contributed by atoms with Crippen molar-refractivity contribution in [2.24, 2.45) is 10.2 Å². The van der Waals surface area contributed by atoms with Gasteiger partial charge in [0, 0.05) is 39.9 Å². The number of nitrogens with zero attached hydrogens (tertiary/aromatic N) is 5. The highest BCUT2D eigenvalue weighted by Crippen LogP contribution is 2.36. The minimum Gasteiger partial charge on any atom is -0.503 e. The van der Waals surface area contributed by atoms with Crippen molar-refractivity contribution in [2.45, 2.75) is 39.8 Å². The lowest BCUT2D eigenvalue weighted by atomic mass is 10.1. The largest absolute Gasteiger partial charge is 0.503 e. The van der Waals surface area contributed by atoms with E-state index in [0.717, 1.165) is 25.2 Å². The summed E-state index contributed by atoms with van der Waals surface area (Å²) in [5.41, 5.74) is 1.64. The fraction of sp³-hybridized carbons (Fsp3) is 0.500. The fourth-order valence-corrected chi connectivity index (χ4v) is 3.35. The third-order valence-corrected chi connectivity index (χ3v) is 5.55. The molecule has 1 atom stereocenters. The highest BCUT2D eigenvalue weighted by Gasteiger charge is 2.21. The Morgan fingerprint density at radius 2 is 1.76 bits per heavy atom. The first-order valence-electron chi connectivity index (χ1n) is 10.9. The van der Waals surface area contributed by atoms with E-state index in [1.807, 2.05) is 38.1 Å². The van der Waals surface area contributed by atoms with Crippen LogP contribution in [0.5, 0.6) is 5.88 Å². The number of azo groups is 1. The van der Waals surface area contributed by atoms with Gasteiger partial charge in [-0.1, -0.05) is 19.1 Å². The maximum absolute atomic E-state index is 13.0. The molecule has 0 amide bonds. The minimum absolute atomic E-state index is 0.0198. The van der Waals surface area contributed by atoms with Gasteiger partial charge in [-0.25, -0.2) is 4.85 Å². The molecule has 33 heavy (non-hydrogen) atoms. The first kappa shape index (κ1) is 26.2. The van der Waals surface area contributed by atoms with Gasteiger partial charge in [0.05, 0.1) is 25.5 Å². The van der Waals surface area contributed by atoms with Gasteiger partial charge in [-0.3, -0.25) is 14.3 Å². The fourth-order valence-electron chi connectivity index (χ4n) is 3.35. The van der Waals surface area contributed by atoms with Crippen molar-refractivity contribution >= 4 is 17.1 Å². The maximum atomic E-state index is 13.0. The van der Waals surface area contributed by atoms with Crippen molar-refractivity contribution in [3.8, 4) is 5.88 Å². The summed E-state index contributed by atoms with van der Waals surface area (Å²) in [6.07, 6.45) is 0.623. The van der Waals surface area contributed by atoms with Crippen LogP contribution in [0.4, 0.5) is 17.1 Å². The van der Waals surface area contributed by atoms with Gasteiger partial charge in [-0.05, 0) is 43.5 Å². The zero-order valence-electron chi connectivity index (χ0n) is 20.0. The molecule has 0 fully saturated rings. The molecule has 0 aliphatic rings. The molecule has 178 valence electrons. The van der Waals surface area contributed by atoms with E-state index in [2.05, 4.69) is 20.0 Å². The first-order chi connectivity index (χ1) is 15.9. The average molecular weight is 456 g/mol. The number of benzene rings is 1. The van der Waals surface area contributed by atoms with E-state index >= 15 is 0 Å². The summed E-state index contributed by atoms with van der Waals surface area (Å²) in [4.78, 5) is 18.6. The smallest absolute Gasteiger partial charge is 0.279 e. The first-order valence-corrected chi connectivity index (χ1v) is 10.9. The molecule has 0 saturated carbocycles. The molecule has 1 heterocycles. The molecule has 2 rings (SSSR count). The van der Waals surface area contributed by atoms with Gasteiger partial charge in [-0.2, -0.15) is 5.11 Å². The summed E-state index contributed by atoms with van der Waals surface area (Å²) >= 11 is 0. The Morgan fingerprint density at radius 1 is 1.15 bits per heavy atom. The third-order valence-electron chi connectivity index (χ3n) is 5.55. The number of pyridine rings is 1. The molecule has 0 spiro atoms. The van der Waals surface area contributed by atoms with Crippen molar-refractivity contribution in [1.29, 1.82) is 0 Å². The maximum Gasteiger partial charge on any atom is 0.279 e. The summed E-state index contributed by atoms with van der Waals surface area (Å²) in [5.74, 6) is -0.323. The van der Waals surface area contributed by atoms with E-state index in [9.17, 15) is 9.90 Å². The van der Waals surface area contributed by atoms with Crippen LogP contribution in [-0.2, 0) is 16.0 Å². The predicted octanol–water partition coefficient (Wildman–Crippen LogP) is 4.89. The van der Waals surface area contributed by atoms with E-state index < -0.39 is 5.56 Å². The second-order valence-corrected chi connectivity index (χ2v) is 7.82. The molecule has 1 aromatic carbocycles. The molecule has 9 nitrogen and oxygen atoms in total. The Bertz CT molecular complexity index is 1030. The lowest BCUT2D eigenvalue weighted by molar-refractivity contribution is 0.110. The molecule has 2 aromatic rings. The summed E-state index contributed by atoms with van der Waals surface area (Å²) in [5, 5.41) is 18.8. The van der Waals surface area contributed by atoms with Crippen LogP contribution in [0.25, 0.3) is 4.85 Å². The Labute approximate surface area is 195 Å². The van der Waals surface area contributed by atoms with Gasteiger partial charge >= 0.3 is 0 Å². The molecule has 0 aliphatic carbocycles. The summed E-state index contributed by atoms with van der Waals surface area (Å²) in [6, 6.07) is 7.33. The van der Waals surface area contributed by atoms with Crippen LogP contribution in [0, 0.1) is 13.5 Å². The van der Waals surface area contributed by atoms with Gasteiger partial charge in [0.25, 0.3) is 5.56 Å². The number of aromatic hydroxyl groups is 1. The van der Waals surface area contributed by atoms with Crippen molar-refractivity contribution in [3.63, 3.8) is 0 Å². The Balaban J connectivity index is 2.28. The summed E-state index contributed by atoms with van der Waals surface area (Å²) < 4.78 is 11.6. The van der Waals surface area contributed by atoms with Gasteiger partial charge in [0.15, 0.2) is 5.88 Å². The van der Waals surface area contributed by atoms with Gasteiger partial charge < -0.3 is 14.6 Å². The second kappa shape index (κ2) is 12.8. The van der Waals surface area contributed by atoms with E-state index in [-0.39, 0.29) is 23.3 Å². The monoisotopic (exact) mass is 455 g/mol.